The first-order chi connectivity index (χ1) is 9.13. The highest BCUT2D eigenvalue weighted by Crippen LogP contribution is 2.34. The van der Waals surface area contributed by atoms with E-state index in [2.05, 4.69) is 24.0 Å². The van der Waals surface area contributed by atoms with Gasteiger partial charge in [-0.15, -0.1) is 0 Å². The summed E-state index contributed by atoms with van der Waals surface area (Å²) in [5.74, 6) is -0.325. The average molecular weight is 263 g/mol. The molecule has 1 aliphatic rings. The molecule has 0 spiro atoms. The molecule has 0 bridgehead atoms. The van der Waals surface area contributed by atoms with Crippen LogP contribution >= 0.6 is 0 Å². The van der Waals surface area contributed by atoms with Gasteiger partial charge in [0.2, 0.25) is 0 Å². The van der Waals surface area contributed by atoms with Gasteiger partial charge in [0.15, 0.2) is 0 Å². The number of ether oxygens (including phenoxy) is 1. The van der Waals surface area contributed by atoms with Gasteiger partial charge in [-0.2, -0.15) is 0 Å². The van der Waals surface area contributed by atoms with Crippen molar-refractivity contribution in [1.82, 2.24) is 4.90 Å². The van der Waals surface area contributed by atoms with Gasteiger partial charge in [0.25, 0.3) is 0 Å². The smallest absolute Gasteiger partial charge is 0.308 e. The van der Waals surface area contributed by atoms with Crippen molar-refractivity contribution in [3.8, 4) is 0 Å². The Morgan fingerprint density at radius 2 is 2.16 bits per heavy atom. The first-order valence-electron chi connectivity index (χ1n) is 6.77. The molecule has 1 heterocycles. The molecule has 4 heteroatoms. The molecular formula is C15H21NO3. The fraction of sp³-hybridized carbons (Fsp3) is 0.533. The number of rotatable bonds is 6. The third kappa shape index (κ3) is 3.55. The van der Waals surface area contributed by atoms with Crippen molar-refractivity contribution < 1.29 is 14.6 Å². The summed E-state index contributed by atoms with van der Waals surface area (Å²) in [5, 5.41) is 10.0. The zero-order chi connectivity index (χ0) is 13.8. The molecule has 1 aliphatic heterocycles. The Labute approximate surface area is 114 Å². The Morgan fingerprint density at radius 1 is 1.47 bits per heavy atom. The van der Waals surface area contributed by atoms with Gasteiger partial charge in [0, 0.05) is 18.6 Å². The number of aliphatic hydroxyl groups is 1. The van der Waals surface area contributed by atoms with Crippen LogP contribution in [0.1, 0.15) is 31.9 Å². The summed E-state index contributed by atoms with van der Waals surface area (Å²) < 4.78 is 4.85. The largest absolute Gasteiger partial charge is 0.466 e. The van der Waals surface area contributed by atoms with Crippen LogP contribution in [-0.4, -0.2) is 41.3 Å². The summed E-state index contributed by atoms with van der Waals surface area (Å²) in [6, 6.07) is 10.5. The van der Waals surface area contributed by atoms with Crippen molar-refractivity contribution >= 4 is 5.97 Å². The summed E-state index contributed by atoms with van der Waals surface area (Å²) in [6.07, 6.45) is -0.554. The van der Waals surface area contributed by atoms with Gasteiger partial charge in [-0.3, -0.25) is 9.69 Å². The molecule has 0 radical (unpaired) electrons. The topological polar surface area (TPSA) is 49.5 Å². The molecule has 0 saturated carbocycles. The lowest BCUT2D eigenvalue weighted by atomic mass is 10.1. The van der Waals surface area contributed by atoms with Crippen LogP contribution in [0.4, 0.5) is 0 Å². The molecule has 104 valence electrons. The van der Waals surface area contributed by atoms with Crippen molar-refractivity contribution in [3.05, 3.63) is 35.9 Å². The maximum absolute atomic E-state index is 11.3. The van der Waals surface area contributed by atoms with E-state index in [0.29, 0.717) is 6.61 Å². The number of carbonyl (C=O) groups excluding carboxylic acids is 1. The second-order valence-corrected chi connectivity index (χ2v) is 4.93. The highest BCUT2D eigenvalue weighted by molar-refractivity contribution is 5.70. The lowest BCUT2D eigenvalue weighted by Gasteiger charge is -2.16. The van der Waals surface area contributed by atoms with Gasteiger partial charge in [-0.1, -0.05) is 30.3 Å². The van der Waals surface area contributed by atoms with E-state index in [9.17, 15) is 9.90 Å². The highest BCUT2D eigenvalue weighted by atomic mass is 16.5. The van der Waals surface area contributed by atoms with Gasteiger partial charge >= 0.3 is 5.97 Å². The zero-order valence-corrected chi connectivity index (χ0v) is 11.5. The van der Waals surface area contributed by atoms with E-state index in [0.717, 1.165) is 6.54 Å². The van der Waals surface area contributed by atoms with Crippen LogP contribution in [0.3, 0.4) is 0 Å². The summed E-state index contributed by atoms with van der Waals surface area (Å²) in [4.78, 5) is 13.5. The van der Waals surface area contributed by atoms with Crippen LogP contribution in [-0.2, 0) is 9.53 Å². The van der Waals surface area contributed by atoms with Crippen LogP contribution < -0.4 is 0 Å². The van der Waals surface area contributed by atoms with E-state index in [1.807, 2.05) is 18.2 Å². The standard InChI is InChI=1S/C15H21NO3/c1-3-19-15(18)9-14(17)13-10-16(13)11(2)12-7-5-4-6-8-12/h4-8,11,13-14,17H,3,9-10H2,1-2H3/t11-,13-,14+,16?/m0/s1. The van der Waals surface area contributed by atoms with E-state index in [1.54, 1.807) is 6.92 Å². The first kappa shape index (κ1) is 14.0. The molecule has 1 unspecified atom stereocenters. The molecular weight excluding hydrogens is 242 g/mol. The second kappa shape index (κ2) is 6.17. The first-order valence-corrected chi connectivity index (χ1v) is 6.77. The summed E-state index contributed by atoms with van der Waals surface area (Å²) in [7, 11) is 0. The van der Waals surface area contributed by atoms with E-state index in [4.69, 9.17) is 4.74 Å². The Balaban J connectivity index is 1.85. The third-order valence-corrected chi connectivity index (χ3v) is 3.60. The molecule has 0 aromatic heterocycles. The number of benzene rings is 1. The maximum atomic E-state index is 11.3. The SMILES string of the molecule is CCOC(=O)C[C@@H](O)[C@@H]1CN1[C@@H](C)c1ccccc1. The van der Waals surface area contributed by atoms with Crippen LogP contribution in [0.25, 0.3) is 0 Å². The van der Waals surface area contributed by atoms with E-state index >= 15 is 0 Å². The molecule has 1 saturated heterocycles. The molecule has 19 heavy (non-hydrogen) atoms. The number of nitrogens with zero attached hydrogens (tertiary/aromatic N) is 1. The molecule has 1 aromatic carbocycles. The van der Waals surface area contributed by atoms with Gasteiger partial charge in [-0.05, 0) is 19.4 Å². The van der Waals surface area contributed by atoms with Crippen LogP contribution in [0.5, 0.6) is 0 Å². The van der Waals surface area contributed by atoms with Crippen molar-refractivity contribution in [2.24, 2.45) is 0 Å². The summed E-state index contributed by atoms with van der Waals surface area (Å²) in [5.41, 5.74) is 1.23. The van der Waals surface area contributed by atoms with Crippen LogP contribution in [0.2, 0.25) is 0 Å². The zero-order valence-electron chi connectivity index (χ0n) is 11.5. The number of carbonyl (C=O) groups is 1. The van der Waals surface area contributed by atoms with E-state index < -0.39 is 6.10 Å². The molecule has 1 fully saturated rings. The van der Waals surface area contributed by atoms with Crippen molar-refractivity contribution in [3.63, 3.8) is 0 Å². The van der Waals surface area contributed by atoms with Crippen molar-refractivity contribution in [2.75, 3.05) is 13.2 Å². The number of hydrogen-bond donors (Lipinski definition) is 1. The lowest BCUT2D eigenvalue weighted by Crippen LogP contribution is -2.24. The van der Waals surface area contributed by atoms with Gasteiger partial charge in [0.1, 0.15) is 0 Å². The molecule has 1 aromatic rings. The van der Waals surface area contributed by atoms with Gasteiger partial charge in [0.05, 0.1) is 19.1 Å². The van der Waals surface area contributed by atoms with Crippen LogP contribution in [0, 0.1) is 0 Å². The Bertz CT molecular complexity index is 421. The summed E-state index contributed by atoms with van der Waals surface area (Å²) >= 11 is 0. The third-order valence-electron chi connectivity index (χ3n) is 3.60. The quantitative estimate of drug-likeness (QED) is 0.627. The highest BCUT2D eigenvalue weighted by Gasteiger charge is 2.43. The minimum absolute atomic E-state index is 0.0691. The maximum Gasteiger partial charge on any atom is 0.308 e. The normalized spacial score (nSPS) is 24.6. The van der Waals surface area contributed by atoms with E-state index in [-0.39, 0.29) is 24.5 Å². The van der Waals surface area contributed by atoms with Crippen molar-refractivity contribution in [2.45, 2.75) is 38.5 Å². The lowest BCUT2D eigenvalue weighted by molar-refractivity contribution is -0.145. The summed E-state index contributed by atoms with van der Waals surface area (Å²) in [6.45, 7) is 5.08. The minimum Gasteiger partial charge on any atom is -0.466 e. The van der Waals surface area contributed by atoms with Crippen molar-refractivity contribution in [1.29, 1.82) is 0 Å². The fourth-order valence-corrected chi connectivity index (χ4v) is 2.41. The number of hydrogen-bond acceptors (Lipinski definition) is 4. The Hall–Kier alpha value is -1.39. The Kier molecular flexibility index (Phi) is 4.56. The fourth-order valence-electron chi connectivity index (χ4n) is 2.41. The number of aliphatic hydroxyl groups excluding tert-OH is 1. The predicted molar refractivity (Wildman–Crippen MR) is 72.6 cm³/mol. The monoisotopic (exact) mass is 263 g/mol. The molecule has 0 aliphatic carbocycles. The molecule has 4 nitrogen and oxygen atoms in total. The number of esters is 1. The molecule has 4 atom stereocenters. The Morgan fingerprint density at radius 3 is 2.79 bits per heavy atom. The molecule has 0 amide bonds. The van der Waals surface area contributed by atoms with E-state index in [1.165, 1.54) is 5.56 Å². The van der Waals surface area contributed by atoms with Crippen LogP contribution in [0.15, 0.2) is 30.3 Å². The predicted octanol–water partition coefficient (Wildman–Crippen LogP) is 1.75. The van der Waals surface area contributed by atoms with Gasteiger partial charge < -0.3 is 9.84 Å². The average Bonchev–Trinajstić information content (AvgIpc) is 3.19. The second-order valence-electron chi connectivity index (χ2n) is 4.93. The minimum atomic E-state index is -0.634. The van der Waals surface area contributed by atoms with Gasteiger partial charge in [-0.25, -0.2) is 0 Å². The molecule has 2 rings (SSSR count). The molecule has 1 N–H and O–H groups in total.